The molecule has 2 aromatic heterocycles. The van der Waals surface area contributed by atoms with Crippen LogP contribution in [0.25, 0.3) is 28.4 Å². The Kier molecular flexibility index (Phi) is 9.43. The van der Waals surface area contributed by atoms with Crippen molar-refractivity contribution in [3.05, 3.63) is 113 Å². The van der Waals surface area contributed by atoms with Gasteiger partial charge in [-0.1, -0.05) is 144 Å². The number of allylic oxidation sites excluding steroid dienone is 5. The molecule has 2 aromatic carbocycles. The van der Waals surface area contributed by atoms with E-state index in [0.29, 0.717) is 0 Å². The molecule has 2 heteroatoms. The highest BCUT2D eigenvalue weighted by Gasteiger charge is 2.39. The van der Waals surface area contributed by atoms with E-state index in [1.54, 1.807) is 0 Å². The van der Waals surface area contributed by atoms with Gasteiger partial charge in [-0.15, -0.1) is 0 Å². The number of para-hydroxylation sites is 1. The van der Waals surface area contributed by atoms with Crippen molar-refractivity contribution < 1.29 is 0 Å². The number of hydrogen-bond donors (Lipinski definition) is 0. The summed E-state index contributed by atoms with van der Waals surface area (Å²) >= 11 is 0. The highest BCUT2D eigenvalue weighted by Crippen LogP contribution is 2.47. The molecule has 0 fully saturated rings. The first-order chi connectivity index (χ1) is 21.0. The van der Waals surface area contributed by atoms with Crippen LogP contribution >= 0.6 is 0 Å². The summed E-state index contributed by atoms with van der Waals surface area (Å²) in [5.41, 5.74) is 11.8. The largest absolute Gasteiger partial charge is 0.316 e. The fourth-order valence-electron chi connectivity index (χ4n) is 7.14. The molecule has 0 unspecified atom stereocenters. The van der Waals surface area contributed by atoms with E-state index in [1.165, 1.54) is 56.0 Å². The van der Waals surface area contributed by atoms with E-state index in [4.69, 9.17) is 0 Å². The van der Waals surface area contributed by atoms with Crippen molar-refractivity contribution in [1.82, 2.24) is 9.13 Å². The van der Waals surface area contributed by atoms with Gasteiger partial charge >= 0.3 is 0 Å². The minimum Gasteiger partial charge on any atom is -0.316 e. The van der Waals surface area contributed by atoms with Crippen LogP contribution in [-0.4, -0.2) is 9.13 Å². The molecule has 0 radical (unpaired) electrons. The number of nitrogens with zero attached hydrogens (tertiary/aromatic N) is 2. The first-order valence-corrected chi connectivity index (χ1v) is 17.0. The highest BCUT2D eigenvalue weighted by atomic mass is 15.0. The Labute approximate surface area is 274 Å². The van der Waals surface area contributed by atoms with Gasteiger partial charge in [0.25, 0.3) is 0 Å². The molecule has 2 heterocycles. The Morgan fingerprint density at radius 3 is 1.96 bits per heavy atom. The van der Waals surface area contributed by atoms with Gasteiger partial charge < -0.3 is 9.13 Å². The first kappa shape index (κ1) is 34.4. The maximum Gasteiger partial charge on any atom is 0.0534 e. The summed E-state index contributed by atoms with van der Waals surface area (Å²) in [5.74, 6) is 0. The molecule has 5 rings (SSSR count). The summed E-state index contributed by atoms with van der Waals surface area (Å²) < 4.78 is 5.01. The van der Waals surface area contributed by atoms with Crippen LogP contribution in [0.3, 0.4) is 0 Å². The van der Waals surface area contributed by atoms with Gasteiger partial charge in [-0.2, -0.15) is 0 Å². The third-order valence-electron chi connectivity index (χ3n) is 9.25. The zero-order valence-electron chi connectivity index (χ0n) is 30.7. The standard InChI is InChI=1S/C41H52N2.C2H6/c1-13-14-20-32-28(2)43(37-36(32)40(9,10)25-26-41(37,11)12)31-19-17-18-30(27-31)42-29(3)35(33-21-15-16-22-34(33)42)39(7,8)24-23-38(4,5)6;1-2/h14-27H,13H2,1-12H3;1-2H3/b20-14-,24-23-;. The lowest BCUT2D eigenvalue weighted by Gasteiger charge is -2.36. The van der Waals surface area contributed by atoms with Crippen molar-refractivity contribution in [3.63, 3.8) is 0 Å². The average molecular weight is 603 g/mol. The molecule has 2 nitrogen and oxygen atoms in total. The second kappa shape index (κ2) is 12.3. The van der Waals surface area contributed by atoms with Crippen molar-refractivity contribution >= 4 is 17.0 Å². The number of aromatic nitrogens is 2. The predicted molar refractivity (Wildman–Crippen MR) is 200 cm³/mol. The third-order valence-corrected chi connectivity index (χ3v) is 9.25. The molecular weight excluding hydrogens is 544 g/mol. The quantitative estimate of drug-likeness (QED) is 0.194. The van der Waals surface area contributed by atoms with Crippen LogP contribution in [0.5, 0.6) is 0 Å². The Bertz CT molecular complexity index is 1770. The number of rotatable bonds is 6. The van der Waals surface area contributed by atoms with E-state index in [2.05, 4.69) is 177 Å². The lowest BCUT2D eigenvalue weighted by Crippen LogP contribution is -2.30. The molecule has 45 heavy (non-hydrogen) atoms. The van der Waals surface area contributed by atoms with Crippen LogP contribution in [0.4, 0.5) is 0 Å². The summed E-state index contributed by atoms with van der Waals surface area (Å²) in [6, 6.07) is 18.1. The van der Waals surface area contributed by atoms with Gasteiger partial charge in [0.1, 0.15) is 0 Å². The fraction of sp³-hybridized carbons (Fsp3) is 0.442. The summed E-state index contributed by atoms with van der Waals surface area (Å²) in [7, 11) is 0. The molecule has 0 saturated heterocycles. The topological polar surface area (TPSA) is 9.86 Å². The Balaban J connectivity index is 0.00000226. The molecule has 0 amide bonds. The Hall–Kier alpha value is -3.52. The summed E-state index contributed by atoms with van der Waals surface area (Å²) in [6.45, 7) is 31.7. The summed E-state index contributed by atoms with van der Waals surface area (Å²) in [6.07, 6.45) is 15.3. The minimum absolute atomic E-state index is 0.0415. The molecule has 1 aliphatic rings. The predicted octanol–water partition coefficient (Wildman–Crippen LogP) is 12.5. The van der Waals surface area contributed by atoms with Gasteiger partial charge in [0, 0.05) is 50.1 Å². The van der Waals surface area contributed by atoms with E-state index >= 15 is 0 Å². The van der Waals surface area contributed by atoms with Crippen LogP contribution in [0.2, 0.25) is 0 Å². The molecule has 0 atom stereocenters. The summed E-state index contributed by atoms with van der Waals surface area (Å²) in [4.78, 5) is 0. The SMILES string of the molecule is CC.CC/C=C\c1c2c(n(-c3cccc(-n4c(C)c(C(C)(C)/C=C\C(C)(C)C)c5ccccc54)c3)c1C)C(C)(C)C=CC2(C)C. The molecular formula is C43H58N2. The van der Waals surface area contributed by atoms with Crippen molar-refractivity contribution in [2.24, 2.45) is 5.41 Å². The number of fused-ring (bicyclic) bond motifs is 2. The number of benzene rings is 2. The first-order valence-electron chi connectivity index (χ1n) is 17.0. The van der Waals surface area contributed by atoms with Crippen molar-refractivity contribution in [3.8, 4) is 11.4 Å². The van der Waals surface area contributed by atoms with Gasteiger partial charge in [0.15, 0.2) is 0 Å². The normalized spacial score (nSPS) is 16.0. The molecule has 0 N–H and O–H groups in total. The molecule has 1 aliphatic carbocycles. The molecule has 240 valence electrons. The molecule has 4 aromatic rings. The zero-order chi connectivity index (χ0) is 33.5. The average Bonchev–Trinajstić information content (AvgIpc) is 3.46. The van der Waals surface area contributed by atoms with E-state index in [1.807, 2.05) is 13.8 Å². The van der Waals surface area contributed by atoms with E-state index in [9.17, 15) is 0 Å². The fourth-order valence-corrected chi connectivity index (χ4v) is 7.14. The summed E-state index contributed by atoms with van der Waals surface area (Å²) in [5, 5.41) is 1.32. The van der Waals surface area contributed by atoms with Gasteiger partial charge in [0.2, 0.25) is 0 Å². The van der Waals surface area contributed by atoms with Crippen molar-refractivity contribution in [2.75, 3.05) is 0 Å². The third kappa shape index (κ3) is 6.31. The van der Waals surface area contributed by atoms with Gasteiger partial charge in [-0.05, 0) is 66.6 Å². The van der Waals surface area contributed by atoms with Crippen LogP contribution < -0.4 is 0 Å². The highest BCUT2D eigenvalue weighted by molar-refractivity contribution is 5.89. The van der Waals surface area contributed by atoms with Gasteiger partial charge in [-0.3, -0.25) is 0 Å². The van der Waals surface area contributed by atoms with E-state index in [-0.39, 0.29) is 21.7 Å². The second-order valence-electron chi connectivity index (χ2n) is 15.4. The maximum absolute atomic E-state index is 2.54. The van der Waals surface area contributed by atoms with E-state index in [0.717, 1.165) is 6.42 Å². The molecule has 0 saturated carbocycles. The van der Waals surface area contributed by atoms with Gasteiger partial charge in [-0.25, -0.2) is 0 Å². The molecule has 0 aliphatic heterocycles. The Morgan fingerprint density at radius 1 is 0.733 bits per heavy atom. The maximum atomic E-state index is 2.54. The Morgan fingerprint density at radius 2 is 1.33 bits per heavy atom. The van der Waals surface area contributed by atoms with Gasteiger partial charge in [0.05, 0.1) is 5.52 Å². The minimum atomic E-state index is -0.113. The lowest BCUT2D eigenvalue weighted by atomic mass is 9.70. The van der Waals surface area contributed by atoms with Crippen LogP contribution in [0.1, 0.15) is 123 Å². The van der Waals surface area contributed by atoms with Crippen molar-refractivity contribution in [1.29, 1.82) is 0 Å². The lowest BCUT2D eigenvalue weighted by molar-refractivity contribution is 0.532. The van der Waals surface area contributed by atoms with Crippen molar-refractivity contribution in [2.45, 2.75) is 120 Å². The number of hydrogen-bond acceptors (Lipinski definition) is 0. The smallest absolute Gasteiger partial charge is 0.0534 e. The van der Waals surface area contributed by atoms with Crippen LogP contribution in [0.15, 0.2) is 78.9 Å². The molecule has 0 bridgehead atoms. The monoisotopic (exact) mass is 602 g/mol. The zero-order valence-corrected chi connectivity index (χ0v) is 30.7. The second-order valence-corrected chi connectivity index (χ2v) is 15.4. The van der Waals surface area contributed by atoms with E-state index < -0.39 is 0 Å². The molecule has 0 spiro atoms. The van der Waals surface area contributed by atoms with Crippen LogP contribution in [-0.2, 0) is 16.2 Å². The van der Waals surface area contributed by atoms with Crippen LogP contribution in [0, 0.1) is 19.3 Å².